The third-order valence-electron chi connectivity index (χ3n) is 6.76. The van der Waals surface area contributed by atoms with Crippen molar-refractivity contribution in [3.05, 3.63) is 29.8 Å². The van der Waals surface area contributed by atoms with E-state index in [4.69, 9.17) is 12.2 Å². The first kappa shape index (κ1) is 19.6. The van der Waals surface area contributed by atoms with Gasteiger partial charge in [0.25, 0.3) is 0 Å². The van der Waals surface area contributed by atoms with Crippen molar-refractivity contribution >= 4 is 23.0 Å². The normalized spacial score (nSPS) is 25.7. The van der Waals surface area contributed by atoms with E-state index in [9.17, 15) is 0 Å². The van der Waals surface area contributed by atoms with E-state index in [-0.39, 0.29) is 0 Å². The first-order valence-electron chi connectivity index (χ1n) is 10.6. The van der Waals surface area contributed by atoms with Crippen LogP contribution in [-0.2, 0) is 6.42 Å². The Morgan fingerprint density at radius 3 is 2.54 bits per heavy atom. The van der Waals surface area contributed by atoms with Crippen LogP contribution in [0.25, 0.3) is 0 Å². The first-order valence-corrected chi connectivity index (χ1v) is 11.0. The van der Waals surface area contributed by atoms with Crippen LogP contribution in [0.2, 0.25) is 0 Å². The number of nitrogens with zero attached hydrogens (tertiary/aromatic N) is 1. The molecule has 1 saturated carbocycles. The number of hydrogen-bond donors (Lipinski definition) is 2. The maximum atomic E-state index is 5.72. The second kappa shape index (κ2) is 9.18. The average molecular weight is 375 g/mol. The van der Waals surface area contributed by atoms with Crippen molar-refractivity contribution in [2.24, 2.45) is 5.92 Å². The zero-order chi connectivity index (χ0) is 18.5. The molecule has 3 rings (SSSR count). The van der Waals surface area contributed by atoms with Crippen LogP contribution in [0.5, 0.6) is 0 Å². The monoisotopic (exact) mass is 374 g/mol. The number of anilines is 1. The molecule has 3 nitrogen and oxygen atoms in total. The third kappa shape index (κ3) is 4.58. The molecule has 1 aliphatic carbocycles. The van der Waals surface area contributed by atoms with Gasteiger partial charge in [0.05, 0.1) is 19.1 Å². The molecule has 0 radical (unpaired) electrons. The fourth-order valence-electron chi connectivity index (χ4n) is 4.98. The van der Waals surface area contributed by atoms with Crippen molar-refractivity contribution in [3.63, 3.8) is 0 Å². The van der Waals surface area contributed by atoms with Crippen molar-refractivity contribution in [1.29, 1.82) is 0 Å². The highest BCUT2D eigenvalue weighted by Crippen LogP contribution is 2.23. The molecule has 2 fully saturated rings. The van der Waals surface area contributed by atoms with Crippen LogP contribution in [0, 0.1) is 5.92 Å². The molecule has 1 heterocycles. The summed E-state index contributed by atoms with van der Waals surface area (Å²) in [5, 5.41) is 4.39. The van der Waals surface area contributed by atoms with Crippen LogP contribution in [0.4, 0.5) is 5.69 Å². The Kier molecular flexibility index (Phi) is 6.93. The molecule has 2 N–H and O–H groups in total. The summed E-state index contributed by atoms with van der Waals surface area (Å²) in [5.74, 6) is 0.884. The number of likely N-dealkylation sites (tertiary alicyclic amines) is 1. The Hall–Kier alpha value is -1.13. The van der Waals surface area contributed by atoms with E-state index in [1.165, 1.54) is 49.8 Å². The van der Waals surface area contributed by atoms with Crippen LogP contribution in [0.1, 0.15) is 57.9 Å². The molecular weight excluding hydrogens is 338 g/mol. The number of thiocarbonyl (C=S) groups is 1. The highest BCUT2D eigenvalue weighted by atomic mass is 32.1. The SMILES string of the molecule is CCc1ccccc1NC(=S)N1CCC([NH+](C)C2CCCCC2C)CC1. The van der Waals surface area contributed by atoms with Crippen molar-refractivity contribution in [2.45, 2.75) is 70.9 Å². The van der Waals surface area contributed by atoms with Crippen molar-refractivity contribution in [3.8, 4) is 0 Å². The Balaban J connectivity index is 1.52. The van der Waals surface area contributed by atoms with Crippen LogP contribution in [0.3, 0.4) is 0 Å². The van der Waals surface area contributed by atoms with E-state index >= 15 is 0 Å². The zero-order valence-electron chi connectivity index (χ0n) is 16.8. The summed E-state index contributed by atoms with van der Waals surface area (Å²) in [6, 6.07) is 10.2. The van der Waals surface area contributed by atoms with Gasteiger partial charge in [0.15, 0.2) is 5.11 Å². The lowest BCUT2D eigenvalue weighted by atomic mass is 9.84. The molecule has 1 saturated heterocycles. The highest BCUT2D eigenvalue weighted by molar-refractivity contribution is 7.80. The lowest BCUT2D eigenvalue weighted by Crippen LogP contribution is -3.17. The quantitative estimate of drug-likeness (QED) is 0.787. The van der Waals surface area contributed by atoms with E-state index in [1.807, 2.05) is 0 Å². The Bertz CT molecular complexity index is 595. The molecular formula is C22H36N3S+. The first-order chi connectivity index (χ1) is 12.6. The largest absolute Gasteiger partial charge is 0.349 e. The molecule has 2 aliphatic rings. The number of para-hydroxylation sites is 1. The fraction of sp³-hybridized carbons (Fsp3) is 0.682. The number of aryl methyl sites for hydroxylation is 1. The summed E-state index contributed by atoms with van der Waals surface area (Å²) in [7, 11) is 2.45. The number of nitrogens with one attached hydrogen (secondary N) is 2. The Labute approximate surface area is 165 Å². The summed E-state index contributed by atoms with van der Waals surface area (Å²) < 4.78 is 0. The molecule has 3 atom stereocenters. The molecule has 0 aromatic heterocycles. The van der Waals surface area contributed by atoms with Gasteiger partial charge in [0.2, 0.25) is 0 Å². The minimum atomic E-state index is 0.794. The Morgan fingerprint density at radius 1 is 1.15 bits per heavy atom. The van der Waals surface area contributed by atoms with Gasteiger partial charge in [0, 0.05) is 37.5 Å². The minimum absolute atomic E-state index is 0.794. The average Bonchev–Trinajstić information content (AvgIpc) is 2.68. The molecule has 1 aromatic rings. The predicted molar refractivity (Wildman–Crippen MR) is 115 cm³/mol. The van der Waals surface area contributed by atoms with Gasteiger partial charge >= 0.3 is 0 Å². The van der Waals surface area contributed by atoms with E-state index in [2.05, 4.69) is 55.4 Å². The molecule has 4 heteroatoms. The van der Waals surface area contributed by atoms with Gasteiger partial charge in [-0.3, -0.25) is 0 Å². The standard InChI is InChI=1S/C22H35N3S/c1-4-18-10-6-7-11-20(18)23-22(26)25-15-13-19(14-16-25)24(3)21-12-8-5-9-17(21)2/h6-7,10-11,17,19,21H,4-5,8-9,12-16H2,1-3H3,(H,23,26)/p+1. The van der Waals surface area contributed by atoms with Crippen LogP contribution in [0.15, 0.2) is 24.3 Å². The van der Waals surface area contributed by atoms with Crippen molar-refractivity contribution in [1.82, 2.24) is 4.90 Å². The second-order valence-electron chi connectivity index (χ2n) is 8.31. The molecule has 0 bridgehead atoms. The molecule has 0 amide bonds. The van der Waals surface area contributed by atoms with Gasteiger partial charge in [0.1, 0.15) is 0 Å². The van der Waals surface area contributed by atoms with Gasteiger partial charge in [-0.2, -0.15) is 0 Å². The van der Waals surface area contributed by atoms with Crippen LogP contribution in [-0.4, -0.2) is 42.2 Å². The van der Waals surface area contributed by atoms with E-state index < -0.39 is 0 Å². The Morgan fingerprint density at radius 2 is 1.85 bits per heavy atom. The van der Waals surface area contributed by atoms with Crippen LogP contribution >= 0.6 is 12.2 Å². The summed E-state index contributed by atoms with van der Waals surface area (Å²) in [5.41, 5.74) is 2.50. The van der Waals surface area contributed by atoms with E-state index in [0.29, 0.717) is 0 Å². The molecule has 0 spiro atoms. The lowest BCUT2D eigenvalue weighted by Gasteiger charge is -2.41. The molecule has 26 heavy (non-hydrogen) atoms. The number of benzene rings is 1. The maximum Gasteiger partial charge on any atom is 0.173 e. The van der Waals surface area contributed by atoms with E-state index in [0.717, 1.165) is 42.6 Å². The number of piperidine rings is 1. The summed E-state index contributed by atoms with van der Waals surface area (Å²) in [6.45, 7) is 6.83. The summed E-state index contributed by atoms with van der Waals surface area (Å²) in [6.07, 6.45) is 9.24. The summed E-state index contributed by atoms with van der Waals surface area (Å²) in [4.78, 5) is 4.16. The van der Waals surface area contributed by atoms with Crippen LogP contribution < -0.4 is 10.2 Å². The van der Waals surface area contributed by atoms with Gasteiger partial charge in [-0.1, -0.05) is 38.5 Å². The minimum Gasteiger partial charge on any atom is -0.349 e. The topological polar surface area (TPSA) is 19.7 Å². The van der Waals surface area contributed by atoms with E-state index in [1.54, 1.807) is 4.90 Å². The predicted octanol–water partition coefficient (Wildman–Crippen LogP) is 3.50. The molecule has 1 aromatic carbocycles. The molecule has 1 aliphatic heterocycles. The summed E-state index contributed by atoms with van der Waals surface area (Å²) >= 11 is 5.72. The van der Waals surface area contributed by atoms with Gasteiger partial charge < -0.3 is 15.1 Å². The van der Waals surface area contributed by atoms with Gasteiger partial charge in [-0.15, -0.1) is 0 Å². The third-order valence-corrected chi connectivity index (χ3v) is 7.12. The lowest BCUT2D eigenvalue weighted by molar-refractivity contribution is -0.937. The zero-order valence-corrected chi connectivity index (χ0v) is 17.6. The fourth-order valence-corrected chi connectivity index (χ4v) is 5.27. The molecule has 144 valence electrons. The van der Waals surface area contributed by atoms with Crippen molar-refractivity contribution < 1.29 is 4.90 Å². The maximum absolute atomic E-state index is 5.72. The van der Waals surface area contributed by atoms with Gasteiger partial charge in [-0.05, 0) is 49.5 Å². The van der Waals surface area contributed by atoms with Gasteiger partial charge in [-0.25, -0.2) is 0 Å². The molecule has 3 unspecified atom stereocenters. The highest BCUT2D eigenvalue weighted by Gasteiger charge is 2.34. The van der Waals surface area contributed by atoms with Crippen molar-refractivity contribution in [2.75, 3.05) is 25.5 Å². The number of quaternary nitrogens is 1. The number of rotatable bonds is 4. The second-order valence-corrected chi connectivity index (χ2v) is 8.70. The smallest absolute Gasteiger partial charge is 0.173 e. The number of hydrogen-bond acceptors (Lipinski definition) is 1.